The highest BCUT2D eigenvalue weighted by Gasteiger charge is 2.08. The number of hydrogen-bond donors (Lipinski definition) is 1. The van der Waals surface area contributed by atoms with Crippen molar-refractivity contribution in [2.75, 3.05) is 0 Å². The minimum Gasteiger partial charge on any atom is -0.334 e. The zero-order valence-corrected chi connectivity index (χ0v) is 10.9. The van der Waals surface area contributed by atoms with Crippen molar-refractivity contribution < 1.29 is 0 Å². The number of nitrogens with zero attached hydrogens (tertiary/aromatic N) is 2. The maximum atomic E-state index is 9.08. The van der Waals surface area contributed by atoms with Crippen LogP contribution in [0.4, 0.5) is 0 Å². The number of thioether (sulfide) groups is 1. The third-order valence-electron chi connectivity index (χ3n) is 2.83. The summed E-state index contributed by atoms with van der Waals surface area (Å²) in [5, 5.41) is 11.0. The zero-order chi connectivity index (χ0) is 13.1. The largest absolute Gasteiger partial charge is 0.334 e. The summed E-state index contributed by atoms with van der Waals surface area (Å²) < 4.78 is 0. The van der Waals surface area contributed by atoms with Crippen LogP contribution in [0.5, 0.6) is 0 Å². The van der Waals surface area contributed by atoms with E-state index in [0.717, 1.165) is 22.5 Å². The monoisotopic (exact) mass is 265 g/mol. The van der Waals surface area contributed by atoms with E-state index >= 15 is 0 Å². The maximum Gasteiger partial charge on any atom is 0.139 e. The number of H-pyrrole nitrogens is 1. The Morgan fingerprint density at radius 1 is 1.32 bits per heavy atom. The fraction of sp³-hybridized carbons (Fsp3) is 0.0667. The summed E-state index contributed by atoms with van der Waals surface area (Å²) in [7, 11) is 0. The summed E-state index contributed by atoms with van der Waals surface area (Å²) in [5.41, 5.74) is 1.42. The first-order valence-corrected chi connectivity index (χ1v) is 6.76. The lowest BCUT2D eigenvalue weighted by Gasteiger charge is -1.99. The molecular weight excluding hydrogens is 254 g/mol. The molecule has 19 heavy (non-hydrogen) atoms. The smallest absolute Gasteiger partial charge is 0.139 e. The molecule has 2 heterocycles. The van der Waals surface area contributed by atoms with Crippen molar-refractivity contribution in [3.8, 4) is 6.07 Å². The van der Waals surface area contributed by atoms with Gasteiger partial charge in [-0.25, -0.2) is 4.98 Å². The highest BCUT2D eigenvalue weighted by molar-refractivity contribution is 8.03. The first kappa shape index (κ1) is 11.8. The molecule has 0 unspecified atom stereocenters. The number of fused-ring (bicyclic) bond motifs is 1. The van der Waals surface area contributed by atoms with Crippen LogP contribution in [-0.2, 0) is 0 Å². The standard InChI is InChI=1S/C15H11N3S/c16-10-11-7-8-17-15-13(11)9-14(18-15)19-12-5-3-1-2-4-6-12/h1-5,7-9H,6H2,(H,17,18). The Morgan fingerprint density at radius 2 is 2.26 bits per heavy atom. The lowest BCUT2D eigenvalue weighted by atomic mass is 10.2. The second kappa shape index (κ2) is 5.17. The molecule has 3 rings (SSSR count). The first-order chi connectivity index (χ1) is 9.36. The molecule has 2 aromatic heterocycles. The van der Waals surface area contributed by atoms with Crippen molar-refractivity contribution in [1.82, 2.24) is 9.97 Å². The summed E-state index contributed by atoms with van der Waals surface area (Å²) in [6.07, 6.45) is 12.9. The van der Waals surface area contributed by atoms with Gasteiger partial charge in [0.15, 0.2) is 0 Å². The van der Waals surface area contributed by atoms with Crippen LogP contribution in [0.3, 0.4) is 0 Å². The minimum atomic E-state index is 0.655. The van der Waals surface area contributed by atoms with Crippen LogP contribution in [0.25, 0.3) is 11.0 Å². The lowest BCUT2D eigenvalue weighted by Crippen LogP contribution is -1.79. The Labute approximate surface area is 115 Å². The summed E-state index contributed by atoms with van der Waals surface area (Å²) in [4.78, 5) is 8.76. The van der Waals surface area contributed by atoms with Gasteiger partial charge in [0.25, 0.3) is 0 Å². The number of aromatic amines is 1. The number of nitrogens with one attached hydrogen (secondary N) is 1. The maximum absolute atomic E-state index is 9.08. The average molecular weight is 265 g/mol. The van der Waals surface area contributed by atoms with Gasteiger partial charge in [-0.3, -0.25) is 0 Å². The Kier molecular flexibility index (Phi) is 3.21. The Balaban J connectivity index is 1.94. The quantitative estimate of drug-likeness (QED) is 0.895. The van der Waals surface area contributed by atoms with Crippen molar-refractivity contribution in [1.29, 1.82) is 5.26 Å². The Morgan fingerprint density at radius 3 is 3.16 bits per heavy atom. The molecule has 0 amide bonds. The van der Waals surface area contributed by atoms with Crippen LogP contribution in [0, 0.1) is 11.3 Å². The van der Waals surface area contributed by atoms with Gasteiger partial charge in [0, 0.05) is 11.6 Å². The SMILES string of the molecule is N#Cc1ccnc2[nH]c(SC3=CC=CC=CC3)cc12. The number of hydrogen-bond acceptors (Lipinski definition) is 3. The highest BCUT2D eigenvalue weighted by atomic mass is 32.2. The van der Waals surface area contributed by atoms with Crippen LogP contribution in [0.2, 0.25) is 0 Å². The Bertz CT molecular complexity index is 744. The molecule has 0 aliphatic heterocycles. The first-order valence-electron chi connectivity index (χ1n) is 5.95. The van der Waals surface area contributed by atoms with E-state index in [1.807, 2.05) is 24.3 Å². The van der Waals surface area contributed by atoms with Gasteiger partial charge in [0.05, 0.1) is 16.7 Å². The van der Waals surface area contributed by atoms with Gasteiger partial charge in [-0.1, -0.05) is 42.1 Å². The molecule has 0 atom stereocenters. The molecule has 1 aliphatic rings. The van der Waals surface area contributed by atoms with Gasteiger partial charge >= 0.3 is 0 Å². The number of nitriles is 1. The van der Waals surface area contributed by atoms with Gasteiger partial charge < -0.3 is 4.98 Å². The van der Waals surface area contributed by atoms with Crippen molar-refractivity contribution in [3.63, 3.8) is 0 Å². The van der Waals surface area contributed by atoms with E-state index in [-0.39, 0.29) is 0 Å². The molecule has 0 saturated carbocycles. The van der Waals surface area contributed by atoms with Gasteiger partial charge in [-0.2, -0.15) is 5.26 Å². The van der Waals surface area contributed by atoms with Crippen LogP contribution >= 0.6 is 11.8 Å². The number of aromatic nitrogens is 2. The highest BCUT2D eigenvalue weighted by Crippen LogP contribution is 2.32. The van der Waals surface area contributed by atoms with Gasteiger partial charge in [0.1, 0.15) is 5.65 Å². The van der Waals surface area contributed by atoms with E-state index in [4.69, 9.17) is 5.26 Å². The minimum absolute atomic E-state index is 0.655. The third-order valence-corrected chi connectivity index (χ3v) is 3.83. The summed E-state index contributed by atoms with van der Waals surface area (Å²) in [6.45, 7) is 0. The van der Waals surface area contributed by atoms with Crippen molar-refractivity contribution >= 4 is 22.8 Å². The normalized spacial score (nSPS) is 14.2. The average Bonchev–Trinajstić information content (AvgIpc) is 2.66. The number of rotatable bonds is 2. The zero-order valence-electron chi connectivity index (χ0n) is 10.1. The Hall–Kier alpha value is -2.25. The van der Waals surface area contributed by atoms with Crippen LogP contribution in [0.1, 0.15) is 12.0 Å². The van der Waals surface area contributed by atoms with E-state index in [1.165, 1.54) is 4.91 Å². The van der Waals surface area contributed by atoms with Crippen molar-refractivity contribution in [2.45, 2.75) is 11.4 Å². The molecule has 0 spiro atoms. The van der Waals surface area contributed by atoms with Crippen LogP contribution < -0.4 is 0 Å². The molecule has 0 saturated heterocycles. The summed E-state index contributed by atoms with van der Waals surface area (Å²) in [6, 6.07) is 5.92. The van der Waals surface area contributed by atoms with Crippen LogP contribution in [0.15, 0.2) is 58.6 Å². The van der Waals surface area contributed by atoms with Gasteiger partial charge in [-0.15, -0.1) is 0 Å². The van der Waals surface area contributed by atoms with E-state index in [2.05, 4.69) is 28.2 Å². The fourth-order valence-corrected chi connectivity index (χ4v) is 2.86. The van der Waals surface area contributed by atoms with E-state index in [9.17, 15) is 0 Å². The number of allylic oxidation sites excluding steroid dienone is 6. The lowest BCUT2D eigenvalue weighted by molar-refractivity contribution is 1.20. The second-order valence-electron chi connectivity index (χ2n) is 4.12. The molecule has 0 aromatic carbocycles. The van der Waals surface area contributed by atoms with Crippen molar-refractivity contribution in [3.05, 3.63) is 59.2 Å². The van der Waals surface area contributed by atoms with E-state index in [1.54, 1.807) is 24.0 Å². The van der Waals surface area contributed by atoms with Crippen LogP contribution in [-0.4, -0.2) is 9.97 Å². The predicted octanol–water partition coefficient (Wildman–Crippen LogP) is 3.93. The molecular formula is C15H11N3S. The van der Waals surface area contributed by atoms with Gasteiger partial charge in [0.2, 0.25) is 0 Å². The number of pyridine rings is 1. The predicted molar refractivity (Wildman–Crippen MR) is 77.6 cm³/mol. The summed E-state index contributed by atoms with van der Waals surface area (Å²) >= 11 is 1.68. The molecule has 3 nitrogen and oxygen atoms in total. The molecule has 0 bridgehead atoms. The fourth-order valence-electron chi connectivity index (χ4n) is 1.93. The van der Waals surface area contributed by atoms with Crippen molar-refractivity contribution in [2.24, 2.45) is 0 Å². The van der Waals surface area contributed by atoms with Gasteiger partial charge in [-0.05, 0) is 23.5 Å². The topological polar surface area (TPSA) is 52.5 Å². The molecule has 1 N–H and O–H groups in total. The molecule has 1 aliphatic carbocycles. The molecule has 0 fully saturated rings. The molecule has 2 aromatic rings. The third kappa shape index (κ3) is 2.47. The molecule has 4 heteroatoms. The molecule has 0 radical (unpaired) electrons. The molecule has 92 valence electrons. The summed E-state index contributed by atoms with van der Waals surface area (Å²) in [5.74, 6) is 0. The second-order valence-corrected chi connectivity index (χ2v) is 5.29. The van der Waals surface area contributed by atoms with E-state index < -0.39 is 0 Å². The van der Waals surface area contributed by atoms with E-state index in [0.29, 0.717) is 5.56 Å².